The molecule has 0 spiro atoms. The average Bonchev–Trinajstić information content (AvgIpc) is 3.81. The van der Waals surface area contributed by atoms with E-state index in [1.54, 1.807) is 6.20 Å². The number of piperazine rings is 1. The maximum atomic E-state index is 13.0. The molecular weight excluding hydrogens is 472 g/mol. The summed E-state index contributed by atoms with van der Waals surface area (Å²) >= 11 is 0. The molecule has 7 nitrogen and oxygen atoms in total. The highest BCUT2D eigenvalue weighted by Crippen LogP contribution is 2.32. The molecule has 1 aliphatic carbocycles. The number of aromatic nitrogens is 3. The lowest BCUT2D eigenvalue weighted by molar-refractivity contribution is 0.0643. The molecule has 1 aliphatic heterocycles. The molecule has 0 atom stereocenters. The van der Waals surface area contributed by atoms with Crippen LogP contribution in [0, 0.1) is 0 Å². The van der Waals surface area contributed by atoms with Gasteiger partial charge in [-0.2, -0.15) is 0 Å². The Kier molecular flexibility index (Phi) is 6.84. The molecule has 4 heterocycles. The van der Waals surface area contributed by atoms with Crippen LogP contribution in [0.3, 0.4) is 0 Å². The SMILES string of the molecule is CCN1CCN(C(=O)c2ccc(-c3cncc(-c4cc(NC5CC5)nc(-c5ccccn5)c4)c3)cc2)CC1. The Labute approximate surface area is 223 Å². The van der Waals surface area contributed by atoms with Gasteiger partial charge in [0, 0.05) is 67.5 Å². The Hall–Kier alpha value is -4.10. The number of rotatable bonds is 7. The van der Waals surface area contributed by atoms with Gasteiger partial charge < -0.3 is 15.1 Å². The topological polar surface area (TPSA) is 74.2 Å². The highest BCUT2D eigenvalue weighted by atomic mass is 16.2. The first-order valence-corrected chi connectivity index (χ1v) is 13.4. The molecule has 192 valence electrons. The Morgan fingerprint density at radius 1 is 0.868 bits per heavy atom. The van der Waals surface area contributed by atoms with E-state index in [1.807, 2.05) is 59.8 Å². The van der Waals surface area contributed by atoms with Gasteiger partial charge in [0.15, 0.2) is 0 Å². The van der Waals surface area contributed by atoms with E-state index in [9.17, 15) is 4.79 Å². The van der Waals surface area contributed by atoms with Gasteiger partial charge in [0.2, 0.25) is 0 Å². The van der Waals surface area contributed by atoms with Crippen molar-refractivity contribution >= 4 is 11.7 Å². The zero-order valence-corrected chi connectivity index (χ0v) is 21.7. The average molecular weight is 505 g/mol. The number of anilines is 1. The number of pyridine rings is 3. The van der Waals surface area contributed by atoms with Gasteiger partial charge >= 0.3 is 0 Å². The zero-order valence-electron chi connectivity index (χ0n) is 21.7. The fraction of sp³-hybridized carbons (Fsp3) is 0.290. The number of benzene rings is 1. The highest BCUT2D eigenvalue weighted by molar-refractivity contribution is 5.95. The normalized spacial score (nSPS) is 15.9. The third-order valence-corrected chi connectivity index (χ3v) is 7.33. The monoisotopic (exact) mass is 504 g/mol. The Balaban J connectivity index is 1.25. The first-order valence-electron chi connectivity index (χ1n) is 13.4. The summed E-state index contributed by atoms with van der Waals surface area (Å²) in [4.78, 5) is 31.2. The fourth-order valence-electron chi connectivity index (χ4n) is 4.86. The van der Waals surface area contributed by atoms with Crippen LogP contribution in [0.15, 0.2) is 79.3 Å². The van der Waals surface area contributed by atoms with E-state index in [4.69, 9.17) is 4.98 Å². The van der Waals surface area contributed by atoms with Crippen LogP contribution >= 0.6 is 0 Å². The molecule has 1 amide bonds. The summed E-state index contributed by atoms with van der Waals surface area (Å²) in [7, 11) is 0. The number of carbonyl (C=O) groups is 1. The fourth-order valence-corrected chi connectivity index (χ4v) is 4.86. The van der Waals surface area contributed by atoms with E-state index in [1.165, 1.54) is 12.8 Å². The molecule has 7 heteroatoms. The molecule has 0 bridgehead atoms. The van der Waals surface area contributed by atoms with Crippen molar-refractivity contribution in [2.75, 3.05) is 38.0 Å². The second-order valence-electron chi connectivity index (χ2n) is 10.0. The number of carbonyl (C=O) groups excluding carboxylic acids is 1. The van der Waals surface area contributed by atoms with Crippen LogP contribution in [0.1, 0.15) is 30.1 Å². The van der Waals surface area contributed by atoms with Crippen molar-refractivity contribution in [3.63, 3.8) is 0 Å². The van der Waals surface area contributed by atoms with Crippen molar-refractivity contribution in [1.82, 2.24) is 24.8 Å². The number of amides is 1. The Morgan fingerprint density at radius 2 is 1.63 bits per heavy atom. The molecule has 4 aromatic rings. The van der Waals surface area contributed by atoms with Gasteiger partial charge in [-0.05, 0) is 73.0 Å². The van der Waals surface area contributed by atoms with Gasteiger partial charge in [0.05, 0.1) is 11.4 Å². The van der Waals surface area contributed by atoms with E-state index in [-0.39, 0.29) is 5.91 Å². The molecule has 6 rings (SSSR count). The minimum absolute atomic E-state index is 0.105. The van der Waals surface area contributed by atoms with Crippen LogP contribution in [-0.2, 0) is 0 Å². The quantitative estimate of drug-likeness (QED) is 0.372. The van der Waals surface area contributed by atoms with Crippen LogP contribution < -0.4 is 5.32 Å². The molecular formula is C31H32N6O. The maximum Gasteiger partial charge on any atom is 0.253 e. The summed E-state index contributed by atoms with van der Waals surface area (Å²) in [5.74, 6) is 0.965. The van der Waals surface area contributed by atoms with Gasteiger partial charge in [-0.15, -0.1) is 0 Å². The van der Waals surface area contributed by atoms with E-state index in [0.717, 1.165) is 77.7 Å². The van der Waals surface area contributed by atoms with E-state index < -0.39 is 0 Å². The molecule has 1 saturated carbocycles. The predicted octanol–water partition coefficient (Wildman–Crippen LogP) is 5.22. The van der Waals surface area contributed by atoms with Crippen molar-refractivity contribution in [2.24, 2.45) is 0 Å². The smallest absolute Gasteiger partial charge is 0.253 e. The molecule has 1 N–H and O–H groups in total. The number of nitrogens with zero attached hydrogens (tertiary/aromatic N) is 5. The summed E-state index contributed by atoms with van der Waals surface area (Å²) in [6.45, 7) is 6.64. The van der Waals surface area contributed by atoms with Crippen molar-refractivity contribution in [3.8, 4) is 33.6 Å². The van der Waals surface area contributed by atoms with Gasteiger partial charge in [-0.3, -0.25) is 14.8 Å². The minimum Gasteiger partial charge on any atom is -0.367 e. The first kappa shape index (κ1) is 24.2. The largest absolute Gasteiger partial charge is 0.367 e. The Morgan fingerprint density at radius 3 is 2.32 bits per heavy atom. The minimum atomic E-state index is 0.105. The third kappa shape index (κ3) is 5.43. The van der Waals surface area contributed by atoms with E-state index >= 15 is 0 Å². The van der Waals surface area contributed by atoms with E-state index in [2.05, 4.69) is 45.3 Å². The molecule has 3 aromatic heterocycles. The lowest BCUT2D eigenvalue weighted by atomic mass is 10.0. The standard InChI is InChI=1S/C31H32N6O/c1-2-36-13-15-37(16-14-36)31(38)23-8-6-22(7-9-23)25-17-26(21-32-20-25)24-18-29(28-5-3-4-12-33-28)35-30(19-24)34-27-10-11-27/h3-9,12,17-21,27H,2,10-11,13-16H2,1H3,(H,34,35). The summed E-state index contributed by atoms with van der Waals surface area (Å²) in [6, 6.07) is 20.6. The van der Waals surface area contributed by atoms with Crippen molar-refractivity contribution < 1.29 is 4.79 Å². The second kappa shape index (κ2) is 10.7. The Bertz CT molecular complexity index is 1410. The molecule has 1 saturated heterocycles. The van der Waals surface area contributed by atoms with Crippen LogP contribution in [0.2, 0.25) is 0 Å². The summed E-state index contributed by atoms with van der Waals surface area (Å²) in [5, 5.41) is 3.53. The predicted molar refractivity (Wildman–Crippen MR) is 151 cm³/mol. The molecule has 2 fully saturated rings. The van der Waals surface area contributed by atoms with Crippen molar-refractivity contribution in [3.05, 3.63) is 84.8 Å². The van der Waals surface area contributed by atoms with Crippen LogP contribution in [-0.4, -0.2) is 69.4 Å². The highest BCUT2D eigenvalue weighted by Gasteiger charge is 2.23. The van der Waals surface area contributed by atoms with Crippen LogP contribution in [0.5, 0.6) is 0 Å². The van der Waals surface area contributed by atoms with Gasteiger partial charge in [0.25, 0.3) is 5.91 Å². The summed E-state index contributed by atoms with van der Waals surface area (Å²) < 4.78 is 0. The third-order valence-electron chi connectivity index (χ3n) is 7.33. The van der Waals surface area contributed by atoms with Crippen LogP contribution in [0.25, 0.3) is 33.6 Å². The lowest BCUT2D eigenvalue weighted by Gasteiger charge is -2.34. The molecule has 0 radical (unpaired) electrons. The summed E-state index contributed by atoms with van der Waals surface area (Å²) in [5.41, 5.74) is 6.49. The number of hydrogen-bond acceptors (Lipinski definition) is 6. The number of nitrogens with one attached hydrogen (secondary N) is 1. The van der Waals surface area contributed by atoms with E-state index in [0.29, 0.717) is 6.04 Å². The van der Waals surface area contributed by atoms with Gasteiger partial charge in [0.1, 0.15) is 5.82 Å². The maximum absolute atomic E-state index is 13.0. The zero-order chi connectivity index (χ0) is 25.9. The molecule has 2 aliphatic rings. The molecule has 38 heavy (non-hydrogen) atoms. The van der Waals surface area contributed by atoms with Crippen molar-refractivity contribution in [1.29, 1.82) is 0 Å². The van der Waals surface area contributed by atoms with Crippen molar-refractivity contribution in [2.45, 2.75) is 25.8 Å². The lowest BCUT2D eigenvalue weighted by Crippen LogP contribution is -2.48. The van der Waals surface area contributed by atoms with Gasteiger partial charge in [-0.25, -0.2) is 4.98 Å². The van der Waals surface area contributed by atoms with Gasteiger partial charge in [-0.1, -0.05) is 25.1 Å². The molecule has 1 aromatic carbocycles. The van der Waals surface area contributed by atoms with Crippen LogP contribution in [0.4, 0.5) is 5.82 Å². The number of hydrogen-bond donors (Lipinski definition) is 1. The molecule has 0 unspecified atom stereocenters. The second-order valence-corrected chi connectivity index (χ2v) is 10.0. The number of likely N-dealkylation sites (N-methyl/N-ethyl adjacent to an activating group) is 1. The summed E-state index contributed by atoms with van der Waals surface area (Å²) in [6.07, 6.45) is 7.90. The first-order chi connectivity index (χ1) is 18.7.